The van der Waals surface area contributed by atoms with Crippen molar-refractivity contribution < 1.29 is 17.4 Å². The minimum Gasteiger partial charge on any atom is -0.365 e. The number of unbranched alkanes of at least 4 members (excludes halogenated alkanes) is 1. The van der Waals surface area contributed by atoms with E-state index in [1.807, 2.05) is 6.07 Å². The molecule has 0 radical (unpaired) electrons. The molecular weight excluding hydrogens is 398 g/mol. The van der Waals surface area contributed by atoms with Crippen molar-refractivity contribution in [3.05, 3.63) is 40.5 Å². The van der Waals surface area contributed by atoms with Crippen LogP contribution in [0.5, 0.6) is 5.75 Å². The van der Waals surface area contributed by atoms with Crippen molar-refractivity contribution in [2.75, 3.05) is 0 Å². The maximum atomic E-state index is 12.9. The van der Waals surface area contributed by atoms with E-state index >= 15 is 0 Å². The van der Waals surface area contributed by atoms with Gasteiger partial charge in [-0.15, -0.1) is 4.40 Å². The van der Waals surface area contributed by atoms with E-state index < -0.39 is 10.3 Å². The molecule has 1 aromatic rings. The largest absolute Gasteiger partial charge is 0.428 e. The van der Waals surface area contributed by atoms with Crippen molar-refractivity contribution in [3.63, 3.8) is 0 Å². The minimum absolute atomic E-state index is 0.0103. The van der Waals surface area contributed by atoms with Gasteiger partial charge in [0, 0.05) is 12.0 Å². The molecule has 4 unspecified atom stereocenters. The number of aryl methyl sites for hydroxylation is 1. The van der Waals surface area contributed by atoms with E-state index in [-0.39, 0.29) is 5.41 Å². The van der Waals surface area contributed by atoms with Crippen LogP contribution in [0, 0.1) is 17.3 Å². The van der Waals surface area contributed by atoms with E-state index in [1.54, 1.807) is 0 Å². The molecule has 0 N–H and O–H groups in total. The van der Waals surface area contributed by atoms with Gasteiger partial charge in [0.05, 0.1) is 6.21 Å². The topological polar surface area (TPSA) is 72.8 Å². The maximum Gasteiger partial charge on any atom is 0.428 e. The zero-order valence-corrected chi connectivity index (χ0v) is 18.5. The molecule has 0 spiro atoms. The molecule has 0 saturated heterocycles. The molecule has 6 heteroatoms. The predicted molar refractivity (Wildman–Crippen MR) is 116 cm³/mol. The van der Waals surface area contributed by atoms with Crippen LogP contribution in [0.1, 0.15) is 81.4 Å². The quantitative estimate of drug-likeness (QED) is 0.685. The Labute approximate surface area is 178 Å². The Morgan fingerprint density at radius 3 is 2.93 bits per heavy atom. The third-order valence-electron chi connectivity index (χ3n) is 8.01. The first-order valence-corrected chi connectivity index (χ1v) is 12.6. The number of carbonyl (C=O) groups excluding carboxylic acids is 1. The number of rotatable bonds is 4. The van der Waals surface area contributed by atoms with Crippen LogP contribution >= 0.6 is 0 Å². The fourth-order valence-corrected chi connectivity index (χ4v) is 7.17. The van der Waals surface area contributed by atoms with Crippen LogP contribution in [0.25, 0.3) is 0 Å². The average Bonchev–Trinajstić information content (AvgIpc) is 3.07. The summed E-state index contributed by atoms with van der Waals surface area (Å²) in [5.41, 5.74) is 4.39. The molecule has 160 valence electrons. The van der Waals surface area contributed by atoms with Gasteiger partial charge in [0.2, 0.25) is 0 Å². The van der Waals surface area contributed by atoms with Gasteiger partial charge in [0.1, 0.15) is 0 Å². The summed E-state index contributed by atoms with van der Waals surface area (Å²) in [7, 11) is -3.86. The molecular formula is C24H29NO4S. The molecule has 1 heterocycles. The van der Waals surface area contributed by atoms with Crippen molar-refractivity contribution >= 4 is 22.3 Å². The number of nitrogens with zero attached hydrogens (tertiary/aromatic N) is 1. The first-order valence-electron chi connectivity index (χ1n) is 11.2. The first kappa shape index (κ1) is 20.0. The van der Waals surface area contributed by atoms with Crippen LogP contribution in [-0.4, -0.2) is 20.4 Å². The second-order valence-corrected chi connectivity index (χ2v) is 10.8. The summed E-state index contributed by atoms with van der Waals surface area (Å²) in [6.07, 6.45) is 11.5. The zero-order valence-electron chi connectivity index (χ0n) is 17.7. The monoisotopic (exact) mass is 427 g/mol. The van der Waals surface area contributed by atoms with Crippen LogP contribution in [0.4, 0.5) is 0 Å². The molecule has 0 bridgehead atoms. The normalized spacial score (nSPS) is 32.9. The second-order valence-electron chi connectivity index (χ2n) is 9.59. The van der Waals surface area contributed by atoms with Crippen LogP contribution in [0.3, 0.4) is 0 Å². The standard InChI is InChI=1S/C24H29NO4S/c1-3-4-5-22(26)21-9-8-20-18-7-6-15-13-23-16(14-25-30(27,28)29-23)12-19(15)17(18)10-11-24(20,21)2/h9,12-14,17-18,20H,3-8,10-11H2,1-2H3. The van der Waals surface area contributed by atoms with E-state index in [9.17, 15) is 13.2 Å². The van der Waals surface area contributed by atoms with Gasteiger partial charge in [-0.3, -0.25) is 4.79 Å². The van der Waals surface area contributed by atoms with Gasteiger partial charge in [-0.05, 0) is 90.5 Å². The van der Waals surface area contributed by atoms with Gasteiger partial charge in [0.25, 0.3) is 0 Å². The number of carbonyl (C=O) groups is 1. The van der Waals surface area contributed by atoms with Gasteiger partial charge >= 0.3 is 10.3 Å². The molecule has 4 aliphatic rings. The highest BCUT2D eigenvalue weighted by atomic mass is 32.2. The summed E-state index contributed by atoms with van der Waals surface area (Å²) in [6.45, 7) is 4.46. The fourth-order valence-electron chi connectivity index (χ4n) is 6.52. The van der Waals surface area contributed by atoms with Crippen LogP contribution in [0.15, 0.2) is 28.2 Å². The zero-order chi connectivity index (χ0) is 21.1. The Kier molecular flexibility index (Phi) is 4.69. The summed E-state index contributed by atoms with van der Waals surface area (Å²) in [5.74, 6) is 2.30. The average molecular weight is 428 g/mol. The number of ketones is 1. The summed E-state index contributed by atoms with van der Waals surface area (Å²) in [6, 6.07) is 4.00. The summed E-state index contributed by atoms with van der Waals surface area (Å²) in [4.78, 5) is 12.9. The molecule has 5 rings (SSSR count). The number of hydrogen-bond donors (Lipinski definition) is 0. The van der Waals surface area contributed by atoms with E-state index in [4.69, 9.17) is 4.18 Å². The summed E-state index contributed by atoms with van der Waals surface area (Å²) in [5, 5.41) is 0. The molecule has 3 aliphatic carbocycles. The lowest BCUT2D eigenvalue weighted by Crippen LogP contribution is -2.42. The van der Waals surface area contributed by atoms with Crippen molar-refractivity contribution in [2.24, 2.45) is 21.6 Å². The highest BCUT2D eigenvalue weighted by molar-refractivity contribution is 7.86. The third-order valence-corrected chi connectivity index (χ3v) is 8.76. The molecule has 1 aliphatic heterocycles. The van der Waals surface area contributed by atoms with Crippen LogP contribution in [-0.2, 0) is 21.5 Å². The summed E-state index contributed by atoms with van der Waals surface area (Å²) >= 11 is 0. The van der Waals surface area contributed by atoms with Gasteiger partial charge < -0.3 is 4.18 Å². The Morgan fingerprint density at radius 1 is 1.30 bits per heavy atom. The molecule has 1 saturated carbocycles. The molecule has 1 aromatic carbocycles. The SMILES string of the molecule is CCCCC(=O)C1=CCC2C3CCc4cc5c(cc4C3CCC12C)C=NS(=O)(=O)O5. The van der Waals surface area contributed by atoms with Crippen molar-refractivity contribution in [1.82, 2.24) is 0 Å². The van der Waals surface area contributed by atoms with E-state index in [2.05, 4.69) is 30.4 Å². The van der Waals surface area contributed by atoms with Crippen molar-refractivity contribution in [1.29, 1.82) is 0 Å². The molecule has 0 amide bonds. The Balaban J connectivity index is 1.43. The van der Waals surface area contributed by atoms with E-state index in [1.165, 1.54) is 17.3 Å². The smallest absolute Gasteiger partial charge is 0.365 e. The number of Topliss-reactive ketones (excluding diaryl/α,β-unsaturated/α-hetero) is 1. The van der Waals surface area contributed by atoms with Crippen LogP contribution < -0.4 is 4.18 Å². The number of hydrogen-bond acceptors (Lipinski definition) is 4. The van der Waals surface area contributed by atoms with E-state index in [0.29, 0.717) is 35.7 Å². The molecule has 5 nitrogen and oxygen atoms in total. The summed E-state index contributed by atoms with van der Waals surface area (Å²) < 4.78 is 32.0. The lowest BCUT2D eigenvalue weighted by Gasteiger charge is -2.50. The second kappa shape index (κ2) is 7.04. The first-order chi connectivity index (χ1) is 14.3. The lowest BCUT2D eigenvalue weighted by molar-refractivity contribution is -0.117. The van der Waals surface area contributed by atoms with Crippen molar-refractivity contribution in [2.45, 2.75) is 71.1 Å². The molecule has 1 fully saturated rings. The van der Waals surface area contributed by atoms with Gasteiger partial charge in [-0.2, -0.15) is 8.42 Å². The molecule has 0 aromatic heterocycles. The highest BCUT2D eigenvalue weighted by Gasteiger charge is 2.53. The number of benzene rings is 1. The van der Waals surface area contributed by atoms with Crippen LogP contribution in [0.2, 0.25) is 0 Å². The van der Waals surface area contributed by atoms with Gasteiger partial charge in [-0.1, -0.05) is 26.3 Å². The Morgan fingerprint density at radius 2 is 2.13 bits per heavy atom. The third kappa shape index (κ3) is 3.06. The molecule has 30 heavy (non-hydrogen) atoms. The maximum absolute atomic E-state index is 12.9. The van der Waals surface area contributed by atoms with Gasteiger partial charge in [0.15, 0.2) is 11.5 Å². The Hall–Kier alpha value is -1.95. The Bertz CT molecular complexity index is 1070. The highest BCUT2D eigenvalue weighted by Crippen LogP contribution is 2.61. The van der Waals surface area contributed by atoms with Crippen molar-refractivity contribution in [3.8, 4) is 5.75 Å². The number of fused-ring (bicyclic) bond motifs is 6. The predicted octanol–water partition coefficient (Wildman–Crippen LogP) is 4.89. The lowest BCUT2D eigenvalue weighted by atomic mass is 9.54. The number of allylic oxidation sites excluding steroid dienone is 2. The minimum atomic E-state index is -3.86. The fraction of sp³-hybridized carbons (Fsp3) is 0.583. The van der Waals surface area contributed by atoms with E-state index in [0.717, 1.165) is 56.1 Å². The van der Waals surface area contributed by atoms with Gasteiger partial charge in [-0.25, -0.2) is 0 Å². The molecule has 4 atom stereocenters.